The van der Waals surface area contributed by atoms with Crippen molar-refractivity contribution in [3.05, 3.63) is 69.3 Å². The van der Waals surface area contributed by atoms with Gasteiger partial charge in [0.1, 0.15) is 0 Å². The first kappa shape index (κ1) is 20.2. The van der Waals surface area contributed by atoms with Gasteiger partial charge in [0.2, 0.25) is 0 Å². The zero-order valence-electron chi connectivity index (χ0n) is 15.8. The lowest BCUT2D eigenvalue weighted by molar-refractivity contribution is -0.117. The third-order valence-corrected chi connectivity index (χ3v) is 5.43. The van der Waals surface area contributed by atoms with Gasteiger partial charge in [-0.25, -0.2) is 4.79 Å². The number of fused-ring (bicyclic) bond motifs is 1. The van der Waals surface area contributed by atoms with Gasteiger partial charge in [0.25, 0.3) is 0 Å². The third-order valence-electron chi connectivity index (χ3n) is 4.90. The number of nitrogen functional groups attached to an aromatic ring is 1. The van der Waals surface area contributed by atoms with Gasteiger partial charge in [0.05, 0.1) is 16.3 Å². The zero-order chi connectivity index (χ0) is 20.6. The van der Waals surface area contributed by atoms with E-state index in [9.17, 15) is 9.59 Å². The fourth-order valence-electron chi connectivity index (χ4n) is 3.42. The molecule has 0 saturated heterocycles. The van der Waals surface area contributed by atoms with E-state index < -0.39 is 12.6 Å². The van der Waals surface area contributed by atoms with E-state index in [1.54, 1.807) is 0 Å². The molecule has 2 N–H and O–H groups in total. The molecule has 1 aliphatic heterocycles. The lowest BCUT2D eigenvalue weighted by Crippen LogP contribution is -2.25. The number of hydrogen-bond donors (Lipinski definition) is 1. The average molecular weight is 419 g/mol. The lowest BCUT2D eigenvalue weighted by atomic mass is 9.83. The van der Waals surface area contributed by atoms with Crippen molar-refractivity contribution in [2.75, 3.05) is 24.3 Å². The van der Waals surface area contributed by atoms with E-state index in [0.29, 0.717) is 0 Å². The fourth-order valence-corrected chi connectivity index (χ4v) is 3.91. The van der Waals surface area contributed by atoms with Crippen LogP contribution in [0.2, 0.25) is 10.0 Å². The number of anilines is 2. The van der Waals surface area contributed by atoms with Crippen molar-refractivity contribution in [2.24, 2.45) is 0 Å². The van der Waals surface area contributed by atoms with Gasteiger partial charge in [0.15, 0.2) is 12.4 Å². The maximum Gasteiger partial charge on any atom is 0.340 e. The van der Waals surface area contributed by atoms with Crippen LogP contribution < -0.4 is 10.6 Å². The number of carbonyl (C=O) groups excluding carboxylic acids is 2. The molecule has 0 saturated carbocycles. The van der Waals surface area contributed by atoms with E-state index in [1.807, 2.05) is 36.2 Å². The number of rotatable bonds is 4. The first-order valence-electron chi connectivity index (χ1n) is 8.63. The molecule has 3 rings (SSSR count). The van der Waals surface area contributed by atoms with Gasteiger partial charge < -0.3 is 15.4 Å². The van der Waals surface area contributed by atoms with E-state index in [-0.39, 0.29) is 32.5 Å². The summed E-state index contributed by atoms with van der Waals surface area (Å²) in [6.45, 7) is 3.69. The van der Waals surface area contributed by atoms with Crippen LogP contribution in [0, 0.1) is 0 Å². The number of esters is 1. The minimum absolute atomic E-state index is 0.0312. The van der Waals surface area contributed by atoms with Gasteiger partial charge in [-0.15, -0.1) is 0 Å². The normalized spacial score (nSPS) is 16.2. The van der Waals surface area contributed by atoms with Crippen molar-refractivity contribution in [3.63, 3.8) is 0 Å². The van der Waals surface area contributed by atoms with E-state index in [4.69, 9.17) is 33.7 Å². The highest BCUT2D eigenvalue weighted by Gasteiger charge is 2.38. The molecule has 0 amide bonds. The number of carbonyl (C=O) groups is 2. The summed E-state index contributed by atoms with van der Waals surface area (Å²) < 4.78 is 5.12. The van der Waals surface area contributed by atoms with Gasteiger partial charge in [-0.2, -0.15) is 0 Å². The van der Waals surface area contributed by atoms with E-state index in [2.05, 4.69) is 13.8 Å². The number of hydrogen-bond acceptors (Lipinski definition) is 5. The summed E-state index contributed by atoms with van der Waals surface area (Å²) in [5.74, 6) is -1.08. The second-order valence-corrected chi connectivity index (χ2v) is 7.97. The second kappa shape index (κ2) is 7.49. The minimum Gasteiger partial charge on any atom is -0.454 e. The molecule has 0 bridgehead atoms. The van der Waals surface area contributed by atoms with Crippen molar-refractivity contribution in [1.29, 1.82) is 0 Å². The largest absolute Gasteiger partial charge is 0.454 e. The quantitative estimate of drug-likeness (QED) is 0.445. The lowest BCUT2D eigenvalue weighted by Gasteiger charge is -2.23. The number of para-hydroxylation sites is 1. The number of ether oxygens (including phenoxy) is 1. The highest BCUT2D eigenvalue weighted by molar-refractivity contribution is 6.37. The summed E-state index contributed by atoms with van der Waals surface area (Å²) in [6, 6.07) is 10.8. The Labute approximate surface area is 173 Å². The Balaban J connectivity index is 1.75. The first-order valence-corrected chi connectivity index (χ1v) is 9.38. The summed E-state index contributed by atoms with van der Waals surface area (Å²) in [7, 11) is 1.91. The number of ketones is 1. The number of likely N-dealkylation sites (N-methyl/N-ethyl adjacent to an activating group) is 1. The SMILES string of the molecule is CN1C(=CC(=O)COC(=O)c2cc(Cl)cc(Cl)c2N)C(C)(C)c2ccccc21. The summed E-state index contributed by atoms with van der Waals surface area (Å²) in [4.78, 5) is 26.7. The molecule has 0 spiro atoms. The van der Waals surface area contributed by atoms with Crippen LogP contribution >= 0.6 is 23.2 Å². The molecule has 2 aromatic rings. The van der Waals surface area contributed by atoms with Crippen LogP contribution in [-0.4, -0.2) is 25.4 Å². The Morgan fingerprint density at radius 3 is 2.57 bits per heavy atom. The van der Waals surface area contributed by atoms with Crippen LogP contribution in [0.4, 0.5) is 11.4 Å². The molecule has 1 heterocycles. The summed E-state index contributed by atoms with van der Waals surface area (Å²) in [5.41, 5.74) is 8.57. The molecular formula is C21H20Cl2N2O3. The Kier molecular flexibility index (Phi) is 5.41. The minimum atomic E-state index is -0.754. The average Bonchev–Trinajstić information content (AvgIpc) is 2.84. The van der Waals surface area contributed by atoms with Crippen LogP contribution in [0.15, 0.2) is 48.2 Å². The molecule has 0 aromatic heterocycles. The van der Waals surface area contributed by atoms with Crippen molar-refractivity contribution < 1.29 is 14.3 Å². The number of halogens is 2. The van der Waals surface area contributed by atoms with Crippen molar-refractivity contribution in [2.45, 2.75) is 19.3 Å². The summed E-state index contributed by atoms with van der Waals surface area (Å²) in [6.07, 6.45) is 1.52. The van der Waals surface area contributed by atoms with Crippen LogP contribution in [0.1, 0.15) is 29.8 Å². The number of benzene rings is 2. The molecule has 5 nitrogen and oxygen atoms in total. The predicted octanol–water partition coefficient (Wildman–Crippen LogP) is 4.61. The Morgan fingerprint density at radius 2 is 1.89 bits per heavy atom. The van der Waals surface area contributed by atoms with E-state index in [0.717, 1.165) is 16.9 Å². The summed E-state index contributed by atoms with van der Waals surface area (Å²) in [5, 5.41) is 0.409. The smallest absolute Gasteiger partial charge is 0.340 e. The third kappa shape index (κ3) is 3.60. The maximum atomic E-state index is 12.5. The first-order chi connectivity index (χ1) is 13.1. The van der Waals surface area contributed by atoms with Crippen molar-refractivity contribution in [3.8, 4) is 0 Å². The van der Waals surface area contributed by atoms with Gasteiger partial charge in [0, 0.05) is 34.9 Å². The number of nitrogens with zero attached hydrogens (tertiary/aromatic N) is 1. The van der Waals surface area contributed by atoms with Crippen LogP contribution in [-0.2, 0) is 14.9 Å². The molecule has 0 radical (unpaired) electrons. The monoisotopic (exact) mass is 418 g/mol. The zero-order valence-corrected chi connectivity index (χ0v) is 17.3. The van der Waals surface area contributed by atoms with Gasteiger partial charge in [-0.3, -0.25) is 4.79 Å². The van der Waals surface area contributed by atoms with E-state index >= 15 is 0 Å². The molecule has 0 unspecified atom stereocenters. The Hall–Kier alpha value is -2.50. The summed E-state index contributed by atoms with van der Waals surface area (Å²) >= 11 is 11.8. The molecule has 0 atom stereocenters. The van der Waals surface area contributed by atoms with Crippen LogP contribution in [0.25, 0.3) is 0 Å². The Morgan fingerprint density at radius 1 is 1.21 bits per heavy atom. The fraction of sp³-hybridized carbons (Fsp3) is 0.238. The van der Waals surface area contributed by atoms with Gasteiger partial charge >= 0.3 is 5.97 Å². The topological polar surface area (TPSA) is 72.6 Å². The van der Waals surface area contributed by atoms with E-state index in [1.165, 1.54) is 18.2 Å². The number of nitrogens with two attached hydrogens (primary N) is 1. The highest BCUT2D eigenvalue weighted by atomic mass is 35.5. The Bertz CT molecular complexity index is 999. The van der Waals surface area contributed by atoms with Crippen molar-refractivity contribution >= 4 is 46.3 Å². The molecule has 28 heavy (non-hydrogen) atoms. The van der Waals surface area contributed by atoms with Crippen LogP contribution in [0.5, 0.6) is 0 Å². The van der Waals surface area contributed by atoms with Gasteiger partial charge in [-0.05, 0) is 23.8 Å². The standard InChI is InChI=1S/C21H20Cl2N2O3/c1-21(2)15-6-4-5-7-17(15)25(3)18(21)10-13(26)11-28-20(27)14-8-12(22)9-16(23)19(14)24/h4-10H,11,24H2,1-3H3. The molecule has 146 valence electrons. The highest BCUT2D eigenvalue weighted by Crippen LogP contribution is 2.46. The predicted molar refractivity (Wildman–Crippen MR) is 112 cm³/mol. The molecular weight excluding hydrogens is 399 g/mol. The van der Waals surface area contributed by atoms with Gasteiger partial charge in [-0.1, -0.05) is 55.2 Å². The molecule has 2 aromatic carbocycles. The van der Waals surface area contributed by atoms with Crippen LogP contribution in [0.3, 0.4) is 0 Å². The van der Waals surface area contributed by atoms with Crippen molar-refractivity contribution in [1.82, 2.24) is 0 Å². The number of allylic oxidation sites excluding steroid dienone is 1. The second-order valence-electron chi connectivity index (χ2n) is 7.12. The maximum absolute atomic E-state index is 12.5. The molecule has 1 aliphatic rings. The molecule has 0 fully saturated rings. The molecule has 7 heteroatoms. The molecule has 0 aliphatic carbocycles.